The van der Waals surface area contributed by atoms with Gasteiger partial charge in [0.15, 0.2) is 0 Å². The van der Waals surface area contributed by atoms with E-state index in [-0.39, 0.29) is 30.4 Å². The lowest BCUT2D eigenvalue weighted by Crippen LogP contribution is -2.62. The number of rotatable bonds is 6. The molecule has 6 heteroatoms. The molecule has 1 aromatic rings. The Balaban J connectivity index is 1.96. The molecule has 1 fully saturated rings. The minimum Gasteiger partial charge on any atom is -0.381 e. The largest absolute Gasteiger partial charge is 0.381 e. The van der Waals surface area contributed by atoms with Gasteiger partial charge in [-0.3, -0.25) is 14.9 Å². The number of carbonyl (C=O) groups excluding carboxylic acids is 2. The second kappa shape index (κ2) is 8.26. The topological polar surface area (TPSA) is 79.5 Å². The van der Waals surface area contributed by atoms with Crippen LogP contribution in [0.3, 0.4) is 0 Å². The van der Waals surface area contributed by atoms with Crippen molar-refractivity contribution in [3.8, 4) is 0 Å². The maximum Gasteiger partial charge on any atom is 0.238 e. The van der Waals surface area contributed by atoms with Crippen LogP contribution in [0.15, 0.2) is 24.3 Å². The zero-order valence-electron chi connectivity index (χ0n) is 14.8. The summed E-state index contributed by atoms with van der Waals surface area (Å²) in [6, 6.07) is 7.58. The van der Waals surface area contributed by atoms with Gasteiger partial charge in [0.25, 0.3) is 0 Å². The van der Waals surface area contributed by atoms with Gasteiger partial charge in [0.1, 0.15) is 6.17 Å². The molecule has 1 heterocycles. The van der Waals surface area contributed by atoms with E-state index in [1.807, 2.05) is 19.1 Å². The molecule has 3 N–H and O–H groups in total. The van der Waals surface area contributed by atoms with Crippen LogP contribution in [0.2, 0.25) is 0 Å². The summed E-state index contributed by atoms with van der Waals surface area (Å²) in [7, 11) is 1.56. The summed E-state index contributed by atoms with van der Waals surface area (Å²) in [6.45, 7) is 6.56. The van der Waals surface area contributed by atoms with Crippen molar-refractivity contribution >= 4 is 11.8 Å². The van der Waals surface area contributed by atoms with E-state index in [9.17, 15) is 9.59 Å². The Labute approximate surface area is 143 Å². The van der Waals surface area contributed by atoms with Gasteiger partial charge in [0, 0.05) is 7.11 Å². The second-order valence-corrected chi connectivity index (χ2v) is 6.55. The molecule has 3 atom stereocenters. The average molecular weight is 333 g/mol. The van der Waals surface area contributed by atoms with Crippen LogP contribution in [-0.4, -0.2) is 37.7 Å². The highest BCUT2D eigenvalue weighted by molar-refractivity contribution is 5.89. The maximum absolute atomic E-state index is 12.5. The van der Waals surface area contributed by atoms with Gasteiger partial charge in [0.05, 0.1) is 25.1 Å². The van der Waals surface area contributed by atoms with Gasteiger partial charge in [-0.15, -0.1) is 0 Å². The number of hydrogen-bond acceptors (Lipinski definition) is 4. The monoisotopic (exact) mass is 333 g/mol. The lowest BCUT2D eigenvalue weighted by molar-refractivity contribution is -0.132. The van der Waals surface area contributed by atoms with E-state index in [0.29, 0.717) is 12.5 Å². The predicted molar refractivity (Wildman–Crippen MR) is 92.4 cm³/mol. The summed E-state index contributed by atoms with van der Waals surface area (Å²) in [5.41, 5.74) is 2.31. The van der Waals surface area contributed by atoms with Gasteiger partial charge in [-0.05, 0) is 24.0 Å². The normalized spacial score (nSPS) is 22.1. The van der Waals surface area contributed by atoms with Crippen molar-refractivity contribution in [1.29, 1.82) is 0 Å². The van der Waals surface area contributed by atoms with Crippen LogP contribution in [0.25, 0.3) is 0 Å². The Morgan fingerprint density at radius 1 is 1.25 bits per heavy atom. The molecule has 1 aromatic carbocycles. The highest BCUT2D eigenvalue weighted by Gasteiger charge is 2.31. The van der Waals surface area contributed by atoms with Crippen molar-refractivity contribution in [2.24, 2.45) is 0 Å². The Morgan fingerprint density at radius 2 is 1.88 bits per heavy atom. The van der Waals surface area contributed by atoms with Crippen molar-refractivity contribution in [2.75, 3.05) is 13.7 Å². The third-order valence-corrected chi connectivity index (χ3v) is 4.24. The molecule has 1 aliphatic heterocycles. The fraction of sp³-hybridized carbons (Fsp3) is 0.556. The van der Waals surface area contributed by atoms with Crippen LogP contribution in [0, 0.1) is 0 Å². The number of hydrogen-bond donors (Lipinski definition) is 3. The third-order valence-electron chi connectivity index (χ3n) is 4.24. The molecule has 2 amide bonds. The smallest absolute Gasteiger partial charge is 0.238 e. The van der Waals surface area contributed by atoms with Crippen LogP contribution in [0.1, 0.15) is 50.3 Å². The zero-order chi connectivity index (χ0) is 17.7. The summed E-state index contributed by atoms with van der Waals surface area (Å²) < 4.78 is 5.03. The van der Waals surface area contributed by atoms with E-state index >= 15 is 0 Å². The SMILES string of the molecule is COCC1NC(=O)CC(C(=O)N[C@H](C)c2ccc(C(C)C)cc2)N1. The molecule has 2 rings (SSSR count). The van der Waals surface area contributed by atoms with Crippen molar-refractivity contribution in [2.45, 2.75) is 51.4 Å². The Morgan fingerprint density at radius 3 is 2.46 bits per heavy atom. The fourth-order valence-corrected chi connectivity index (χ4v) is 2.77. The molecule has 0 saturated carbocycles. The van der Waals surface area contributed by atoms with Gasteiger partial charge in [-0.1, -0.05) is 38.1 Å². The van der Waals surface area contributed by atoms with Crippen molar-refractivity contribution in [3.63, 3.8) is 0 Å². The minimum absolute atomic E-state index is 0.119. The summed E-state index contributed by atoms with van der Waals surface area (Å²) in [4.78, 5) is 24.2. The molecule has 2 unspecified atom stereocenters. The van der Waals surface area contributed by atoms with Crippen LogP contribution in [0.4, 0.5) is 0 Å². The molecule has 1 saturated heterocycles. The van der Waals surface area contributed by atoms with E-state index in [4.69, 9.17) is 4.74 Å². The standard InChI is InChI=1S/C18H27N3O3/c1-11(2)13-5-7-14(8-6-13)12(3)19-18(23)15-9-17(22)21-16(20-15)10-24-4/h5-8,11-12,15-16,20H,9-10H2,1-4H3,(H,19,23)(H,21,22)/t12-,15?,16?/m1/s1. The van der Waals surface area contributed by atoms with Crippen LogP contribution >= 0.6 is 0 Å². The molecular formula is C18H27N3O3. The molecule has 24 heavy (non-hydrogen) atoms. The number of ether oxygens (including phenoxy) is 1. The Hall–Kier alpha value is -1.92. The molecule has 0 aromatic heterocycles. The molecule has 6 nitrogen and oxygen atoms in total. The average Bonchev–Trinajstić information content (AvgIpc) is 2.54. The van der Waals surface area contributed by atoms with Gasteiger partial charge in [-0.2, -0.15) is 0 Å². The van der Waals surface area contributed by atoms with E-state index < -0.39 is 6.04 Å². The molecule has 0 aliphatic carbocycles. The lowest BCUT2D eigenvalue weighted by atomic mass is 9.99. The molecular weight excluding hydrogens is 306 g/mol. The van der Waals surface area contributed by atoms with Gasteiger partial charge in [0.2, 0.25) is 11.8 Å². The molecule has 132 valence electrons. The number of methoxy groups -OCH3 is 1. The van der Waals surface area contributed by atoms with Crippen LogP contribution < -0.4 is 16.0 Å². The van der Waals surface area contributed by atoms with Gasteiger partial charge < -0.3 is 15.4 Å². The van der Waals surface area contributed by atoms with Crippen LogP contribution in [0.5, 0.6) is 0 Å². The van der Waals surface area contributed by atoms with E-state index in [1.54, 1.807) is 7.11 Å². The summed E-state index contributed by atoms with van der Waals surface area (Å²) in [6.07, 6.45) is -0.210. The molecule has 1 aliphatic rings. The molecule has 0 bridgehead atoms. The minimum atomic E-state index is -0.545. The van der Waals surface area contributed by atoms with E-state index in [2.05, 4.69) is 41.9 Å². The first-order valence-corrected chi connectivity index (χ1v) is 8.35. The summed E-state index contributed by atoms with van der Waals surface area (Å²) in [5.74, 6) is 0.155. The quantitative estimate of drug-likeness (QED) is 0.736. The third kappa shape index (κ3) is 4.79. The lowest BCUT2D eigenvalue weighted by Gasteiger charge is -2.31. The number of amides is 2. The van der Waals surface area contributed by atoms with Crippen LogP contribution in [-0.2, 0) is 14.3 Å². The van der Waals surface area contributed by atoms with Gasteiger partial charge in [-0.25, -0.2) is 0 Å². The number of nitrogens with one attached hydrogen (secondary N) is 3. The first-order chi connectivity index (χ1) is 11.4. The van der Waals surface area contributed by atoms with Crippen molar-refractivity contribution in [1.82, 2.24) is 16.0 Å². The van der Waals surface area contributed by atoms with E-state index in [0.717, 1.165) is 5.56 Å². The predicted octanol–water partition coefficient (Wildman–Crippen LogP) is 1.44. The fourth-order valence-electron chi connectivity index (χ4n) is 2.77. The Kier molecular flexibility index (Phi) is 6.34. The first-order valence-electron chi connectivity index (χ1n) is 8.35. The number of benzene rings is 1. The zero-order valence-corrected chi connectivity index (χ0v) is 14.8. The van der Waals surface area contributed by atoms with E-state index in [1.165, 1.54) is 5.56 Å². The number of carbonyl (C=O) groups is 2. The highest BCUT2D eigenvalue weighted by Crippen LogP contribution is 2.18. The van der Waals surface area contributed by atoms with Gasteiger partial charge >= 0.3 is 0 Å². The highest BCUT2D eigenvalue weighted by atomic mass is 16.5. The Bertz CT molecular complexity index is 571. The molecule has 0 spiro atoms. The van der Waals surface area contributed by atoms with Crippen molar-refractivity contribution < 1.29 is 14.3 Å². The maximum atomic E-state index is 12.5. The first kappa shape index (κ1) is 18.4. The second-order valence-electron chi connectivity index (χ2n) is 6.55. The molecule has 0 radical (unpaired) electrons. The summed E-state index contributed by atoms with van der Waals surface area (Å²) >= 11 is 0. The summed E-state index contributed by atoms with van der Waals surface area (Å²) in [5, 5.41) is 8.82. The van der Waals surface area contributed by atoms with Crippen molar-refractivity contribution in [3.05, 3.63) is 35.4 Å².